The Bertz CT molecular complexity index is 825. The van der Waals surface area contributed by atoms with E-state index in [0.717, 1.165) is 18.7 Å². The summed E-state index contributed by atoms with van der Waals surface area (Å²) in [5, 5.41) is 17.1. The van der Waals surface area contributed by atoms with Gasteiger partial charge in [0.1, 0.15) is 5.82 Å². The van der Waals surface area contributed by atoms with E-state index in [-0.39, 0.29) is 29.8 Å². The third-order valence-corrected chi connectivity index (χ3v) is 4.86. The Kier molecular flexibility index (Phi) is 10.1. The van der Waals surface area contributed by atoms with Crippen molar-refractivity contribution in [3.63, 3.8) is 0 Å². The Morgan fingerprint density at radius 3 is 2.74 bits per heavy atom. The Morgan fingerprint density at radius 1 is 1.32 bits per heavy atom. The predicted octanol–water partition coefficient (Wildman–Crippen LogP) is 1.77. The molecule has 3 N–H and O–H groups in total. The first-order valence-electron chi connectivity index (χ1n) is 10.3. The van der Waals surface area contributed by atoms with E-state index < -0.39 is 5.60 Å². The van der Waals surface area contributed by atoms with Crippen LogP contribution in [-0.4, -0.2) is 77.1 Å². The molecule has 0 aliphatic carbocycles. The van der Waals surface area contributed by atoms with Crippen molar-refractivity contribution in [3.05, 3.63) is 48.3 Å². The fourth-order valence-electron chi connectivity index (χ4n) is 3.34. The number of hydrogen-bond donors (Lipinski definition) is 3. The van der Waals surface area contributed by atoms with Gasteiger partial charge in [-0.3, -0.25) is 4.90 Å². The van der Waals surface area contributed by atoms with Crippen LogP contribution in [0.2, 0.25) is 0 Å². The first-order valence-corrected chi connectivity index (χ1v) is 10.3. The average molecular weight is 546 g/mol. The molecular formula is C21H32FIN6O2. The zero-order valence-electron chi connectivity index (χ0n) is 18.1. The minimum atomic E-state index is -0.911. The van der Waals surface area contributed by atoms with Crippen molar-refractivity contribution >= 4 is 29.9 Å². The summed E-state index contributed by atoms with van der Waals surface area (Å²) >= 11 is 0. The quantitative estimate of drug-likeness (QED) is 0.266. The standard InChI is InChI=1S/C21H31FN6O2.HI/c1-3-24-20(26-14-21(2,29)15-27-8-10-30-11-9-27)25-13-17-4-5-19(18(22)12-17)28-7-6-23-16-28;/h4-7,12,16,29H,3,8-11,13-15H2,1-2H3,(H2,24,25,26);1H. The van der Waals surface area contributed by atoms with Crippen LogP contribution < -0.4 is 10.6 Å². The van der Waals surface area contributed by atoms with E-state index >= 15 is 0 Å². The minimum absolute atomic E-state index is 0. The number of guanidine groups is 1. The number of nitrogens with one attached hydrogen (secondary N) is 2. The van der Waals surface area contributed by atoms with Gasteiger partial charge in [0.05, 0.1) is 37.4 Å². The lowest BCUT2D eigenvalue weighted by Gasteiger charge is -2.34. The maximum atomic E-state index is 14.4. The lowest BCUT2D eigenvalue weighted by atomic mass is 10.1. The number of aromatic nitrogens is 2. The summed E-state index contributed by atoms with van der Waals surface area (Å²) in [6.07, 6.45) is 4.87. The fraction of sp³-hybridized carbons (Fsp3) is 0.524. The summed E-state index contributed by atoms with van der Waals surface area (Å²) < 4.78 is 21.4. The SMILES string of the molecule is CCNC(=NCc1ccc(-n2ccnc2)c(F)c1)NCC(C)(O)CN1CCOCC1.I. The Morgan fingerprint density at radius 2 is 2.10 bits per heavy atom. The van der Waals surface area contributed by atoms with Crippen molar-refractivity contribution in [2.45, 2.75) is 26.0 Å². The van der Waals surface area contributed by atoms with E-state index in [9.17, 15) is 9.50 Å². The number of imidazole rings is 1. The molecule has 31 heavy (non-hydrogen) atoms. The number of morpholine rings is 1. The molecule has 2 aromatic rings. The van der Waals surface area contributed by atoms with E-state index in [0.29, 0.717) is 51.0 Å². The van der Waals surface area contributed by atoms with Gasteiger partial charge in [0.2, 0.25) is 0 Å². The zero-order chi connectivity index (χ0) is 21.4. The van der Waals surface area contributed by atoms with Crippen LogP contribution in [-0.2, 0) is 11.3 Å². The van der Waals surface area contributed by atoms with Gasteiger partial charge in [0, 0.05) is 45.1 Å². The second-order valence-corrected chi connectivity index (χ2v) is 7.69. The van der Waals surface area contributed by atoms with Gasteiger partial charge in [-0.1, -0.05) is 6.07 Å². The van der Waals surface area contributed by atoms with Crippen molar-refractivity contribution in [1.82, 2.24) is 25.1 Å². The third-order valence-electron chi connectivity index (χ3n) is 4.86. The van der Waals surface area contributed by atoms with Crippen LogP contribution >= 0.6 is 24.0 Å². The van der Waals surface area contributed by atoms with Crippen LogP contribution in [0.1, 0.15) is 19.4 Å². The summed E-state index contributed by atoms with van der Waals surface area (Å²) in [7, 11) is 0. The van der Waals surface area contributed by atoms with Gasteiger partial charge < -0.3 is 25.0 Å². The van der Waals surface area contributed by atoms with Crippen LogP contribution in [0.15, 0.2) is 41.9 Å². The molecule has 1 saturated heterocycles. The lowest BCUT2D eigenvalue weighted by molar-refractivity contribution is -0.0201. The van der Waals surface area contributed by atoms with Gasteiger partial charge in [-0.05, 0) is 31.5 Å². The number of nitrogens with zero attached hydrogens (tertiary/aromatic N) is 4. The Hall–Kier alpha value is -1.76. The Balaban J connectivity index is 0.00000341. The molecule has 1 unspecified atom stereocenters. The van der Waals surface area contributed by atoms with Gasteiger partial charge in [-0.2, -0.15) is 0 Å². The van der Waals surface area contributed by atoms with Gasteiger partial charge in [0.25, 0.3) is 0 Å². The molecule has 10 heteroatoms. The summed E-state index contributed by atoms with van der Waals surface area (Å²) in [4.78, 5) is 10.7. The lowest BCUT2D eigenvalue weighted by Crippen LogP contribution is -2.52. The maximum Gasteiger partial charge on any atom is 0.191 e. The molecule has 0 spiro atoms. The number of β-amino-alcohol motifs (C(OH)–C–C–N with tert-alkyl or cyclic N) is 1. The highest BCUT2D eigenvalue weighted by molar-refractivity contribution is 14.0. The third kappa shape index (κ3) is 8.02. The van der Waals surface area contributed by atoms with Crippen molar-refractivity contribution < 1.29 is 14.2 Å². The van der Waals surface area contributed by atoms with Crippen LogP contribution in [0.25, 0.3) is 5.69 Å². The maximum absolute atomic E-state index is 14.4. The molecular weight excluding hydrogens is 514 g/mol. The number of aliphatic hydroxyl groups is 1. The molecule has 0 bridgehead atoms. The average Bonchev–Trinajstić information content (AvgIpc) is 3.25. The summed E-state index contributed by atoms with van der Waals surface area (Å²) in [5.41, 5.74) is 0.296. The van der Waals surface area contributed by atoms with E-state index in [4.69, 9.17) is 4.74 Å². The molecule has 1 aromatic heterocycles. The van der Waals surface area contributed by atoms with Gasteiger partial charge in [-0.25, -0.2) is 14.4 Å². The molecule has 172 valence electrons. The normalized spacial score (nSPS) is 17.0. The van der Waals surface area contributed by atoms with Crippen LogP contribution in [0.3, 0.4) is 0 Å². The number of rotatable bonds is 8. The second-order valence-electron chi connectivity index (χ2n) is 7.69. The predicted molar refractivity (Wildman–Crippen MR) is 130 cm³/mol. The van der Waals surface area contributed by atoms with E-state index in [1.807, 2.05) is 19.9 Å². The molecule has 1 aliphatic rings. The van der Waals surface area contributed by atoms with Crippen molar-refractivity contribution in [2.24, 2.45) is 4.99 Å². The van der Waals surface area contributed by atoms with Crippen molar-refractivity contribution in [1.29, 1.82) is 0 Å². The summed E-state index contributed by atoms with van der Waals surface area (Å²) in [6.45, 7) is 8.75. The Labute approximate surface area is 199 Å². The summed E-state index contributed by atoms with van der Waals surface area (Å²) in [5.74, 6) is 0.256. The van der Waals surface area contributed by atoms with Gasteiger partial charge >= 0.3 is 0 Å². The molecule has 0 amide bonds. The van der Waals surface area contributed by atoms with Crippen molar-refractivity contribution in [3.8, 4) is 5.69 Å². The number of benzene rings is 1. The topological polar surface area (TPSA) is 86.9 Å². The van der Waals surface area contributed by atoms with Crippen LogP contribution in [0.5, 0.6) is 0 Å². The number of ether oxygens (including phenoxy) is 1. The first-order chi connectivity index (χ1) is 14.5. The van der Waals surface area contributed by atoms with Gasteiger partial charge in [-0.15, -0.1) is 24.0 Å². The van der Waals surface area contributed by atoms with E-state index in [1.165, 1.54) is 6.07 Å². The molecule has 1 aliphatic heterocycles. The molecule has 0 radical (unpaired) electrons. The molecule has 3 rings (SSSR count). The fourth-order valence-corrected chi connectivity index (χ4v) is 3.34. The second kappa shape index (κ2) is 12.3. The monoisotopic (exact) mass is 546 g/mol. The van der Waals surface area contributed by atoms with Gasteiger partial charge in [0.15, 0.2) is 5.96 Å². The largest absolute Gasteiger partial charge is 0.387 e. The number of halogens is 2. The highest BCUT2D eigenvalue weighted by Crippen LogP contribution is 2.15. The van der Waals surface area contributed by atoms with Crippen LogP contribution in [0, 0.1) is 5.82 Å². The highest BCUT2D eigenvalue weighted by atomic mass is 127. The molecule has 8 nitrogen and oxygen atoms in total. The number of hydrogen-bond acceptors (Lipinski definition) is 5. The molecule has 2 heterocycles. The number of aliphatic imine (C=N–C) groups is 1. The molecule has 1 fully saturated rings. The first kappa shape index (κ1) is 25.5. The molecule has 1 aromatic carbocycles. The highest BCUT2D eigenvalue weighted by Gasteiger charge is 2.25. The summed E-state index contributed by atoms with van der Waals surface area (Å²) in [6, 6.07) is 5.05. The van der Waals surface area contributed by atoms with Crippen LogP contribution in [0.4, 0.5) is 4.39 Å². The van der Waals surface area contributed by atoms with Crippen molar-refractivity contribution in [2.75, 3.05) is 45.9 Å². The minimum Gasteiger partial charge on any atom is -0.387 e. The van der Waals surface area contributed by atoms with E-state index in [1.54, 1.807) is 29.4 Å². The van der Waals surface area contributed by atoms with E-state index in [2.05, 4.69) is 25.5 Å². The molecule has 1 atom stereocenters. The zero-order valence-corrected chi connectivity index (χ0v) is 20.4. The smallest absolute Gasteiger partial charge is 0.191 e. The molecule has 0 saturated carbocycles.